The predicted molar refractivity (Wildman–Crippen MR) is 108 cm³/mol. The molecule has 1 aliphatic heterocycles. The Hall–Kier alpha value is -3.16. The van der Waals surface area contributed by atoms with Crippen LogP contribution in [0.25, 0.3) is 11.3 Å². The van der Waals surface area contributed by atoms with Gasteiger partial charge in [-0.1, -0.05) is 6.58 Å². The second-order valence-electron chi connectivity index (χ2n) is 7.34. The molecular weight excluding hydrogens is 356 g/mol. The van der Waals surface area contributed by atoms with E-state index in [1.54, 1.807) is 18.1 Å². The molecule has 2 N–H and O–H groups in total. The van der Waals surface area contributed by atoms with Gasteiger partial charge in [0.15, 0.2) is 0 Å². The van der Waals surface area contributed by atoms with Gasteiger partial charge in [-0.3, -0.25) is 9.59 Å². The fraction of sp³-hybridized carbons (Fsp3) is 0.400. The van der Waals surface area contributed by atoms with Crippen LogP contribution >= 0.6 is 0 Å². The van der Waals surface area contributed by atoms with E-state index in [1.807, 2.05) is 12.1 Å². The van der Waals surface area contributed by atoms with Crippen LogP contribution < -0.4 is 15.8 Å². The maximum Gasteiger partial charge on any atom is 0.271 e. The number of likely N-dealkylation sites (tertiary alicyclic amines) is 1. The molecule has 2 aromatic heterocycles. The molecule has 0 atom stereocenters. The Morgan fingerprint density at radius 1 is 1.39 bits per heavy atom. The van der Waals surface area contributed by atoms with E-state index >= 15 is 0 Å². The van der Waals surface area contributed by atoms with E-state index in [-0.39, 0.29) is 17.5 Å². The number of H-pyrrole nitrogens is 1. The quantitative estimate of drug-likeness (QED) is 0.707. The molecule has 28 heavy (non-hydrogen) atoms. The molecule has 2 fully saturated rings. The van der Waals surface area contributed by atoms with Crippen molar-refractivity contribution in [3.8, 4) is 11.3 Å². The Bertz CT molecular complexity index is 946. The lowest BCUT2D eigenvalue weighted by Crippen LogP contribution is -2.62. The molecule has 1 saturated heterocycles. The molecule has 8 nitrogen and oxygen atoms in total. The lowest BCUT2D eigenvalue weighted by molar-refractivity contribution is -0.130. The van der Waals surface area contributed by atoms with Crippen molar-refractivity contribution in [2.24, 2.45) is 5.92 Å². The summed E-state index contributed by atoms with van der Waals surface area (Å²) < 4.78 is 0. The second-order valence-corrected chi connectivity index (χ2v) is 7.34. The summed E-state index contributed by atoms with van der Waals surface area (Å²) in [6, 6.07) is 3.87. The highest BCUT2D eigenvalue weighted by molar-refractivity contribution is 5.88. The number of carbonyl (C=O) groups is 1. The largest absolute Gasteiger partial charge is 0.373 e. The van der Waals surface area contributed by atoms with Crippen molar-refractivity contribution in [2.75, 3.05) is 36.9 Å². The molecule has 0 radical (unpaired) electrons. The summed E-state index contributed by atoms with van der Waals surface area (Å²) in [5.74, 6) is 1.26. The van der Waals surface area contributed by atoms with Crippen LogP contribution in [0.5, 0.6) is 0 Å². The van der Waals surface area contributed by atoms with Gasteiger partial charge in [-0.2, -0.15) is 0 Å². The minimum absolute atomic E-state index is 0.0640. The van der Waals surface area contributed by atoms with Crippen molar-refractivity contribution in [1.29, 1.82) is 0 Å². The molecule has 1 aliphatic carbocycles. The molecular formula is C20H24N6O2. The number of pyridine rings is 1. The molecule has 0 spiro atoms. The summed E-state index contributed by atoms with van der Waals surface area (Å²) in [7, 11) is 1.80. The van der Waals surface area contributed by atoms with E-state index in [4.69, 9.17) is 0 Å². The SMILES string of the molecule is C=CC(=O)N1CC(N(CC2CC2)c2cc(-c3cc(NC)ncn3)c[nH]c2=O)C1. The topological polar surface area (TPSA) is 94.2 Å². The number of aromatic amines is 1. The first-order valence-corrected chi connectivity index (χ1v) is 9.50. The first kappa shape index (κ1) is 18.2. The second kappa shape index (κ2) is 7.46. The number of aromatic nitrogens is 3. The summed E-state index contributed by atoms with van der Waals surface area (Å²) in [5, 5.41) is 3.00. The maximum absolute atomic E-state index is 12.6. The van der Waals surface area contributed by atoms with Crippen LogP contribution in [-0.4, -0.2) is 58.5 Å². The highest BCUT2D eigenvalue weighted by Gasteiger charge is 2.37. The third-order valence-corrected chi connectivity index (χ3v) is 5.35. The Kier molecular flexibility index (Phi) is 4.85. The molecule has 3 heterocycles. The van der Waals surface area contributed by atoms with Crippen LogP contribution in [0.3, 0.4) is 0 Å². The summed E-state index contributed by atoms with van der Waals surface area (Å²) in [6.07, 6.45) is 6.89. The zero-order valence-electron chi connectivity index (χ0n) is 15.9. The summed E-state index contributed by atoms with van der Waals surface area (Å²) in [5.41, 5.74) is 2.07. The van der Waals surface area contributed by atoms with Crippen LogP contribution in [0.15, 0.2) is 42.1 Å². The summed E-state index contributed by atoms with van der Waals surface area (Å²) in [4.78, 5) is 39.7. The average Bonchev–Trinajstić information content (AvgIpc) is 3.50. The fourth-order valence-electron chi connectivity index (χ4n) is 3.47. The maximum atomic E-state index is 12.6. The van der Waals surface area contributed by atoms with Crippen molar-refractivity contribution in [1.82, 2.24) is 19.9 Å². The highest BCUT2D eigenvalue weighted by Crippen LogP contribution is 2.33. The lowest BCUT2D eigenvalue weighted by Gasteiger charge is -2.46. The molecule has 8 heteroatoms. The van der Waals surface area contributed by atoms with Gasteiger partial charge in [-0.05, 0) is 30.9 Å². The van der Waals surface area contributed by atoms with Crippen molar-refractivity contribution < 1.29 is 4.79 Å². The number of nitrogens with zero attached hydrogens (tertiary/aromatic N) is 4. The molecule has 0 aromatic carbocycles. The zero-order chi connectivity index (χ0) is 19.7. The third-order valence-electron chi connectivity index (χ3n) is 5.35. The molecule has 2 aliphatic rings. The number of amides is 1. The normalized spacial score (nSPS) is 16.4. The van der Waals surface area contributed by atoms with Crippen molar-refractivity contribution in [3.05, 3.63) is 47.7 Å². The van der Waals surface area contributed by atoms with E-state index in [1.165, 1.54) is 25.2 Å². The van der Waals surface area contributed by atoms with Crippen LogP contribution in [-0.2, 0) is 4.79 Å². The summed E-state index contributed by atoms with van der Waals surface area (Å²) in [6.45, 7) is 5.60. The minimum atomic E-state index is -0.124. The highest BCUT2D eigenvalue weighted by atomic mass is 16.2. The first-order valence-electron chi connectivity index (χ1n) is 9.50. The van der Waals surface area contributed by atoms with E-state index < -0.39 is 0 Å². The van der Waals surface area contributed by atoms with Gasteiger partial charge in [0.1, 0.15) is 17.8 Å². The third kappa shape index (κ3) is 3.62. The van der Waals surface area contributed by atoms with Crippen molar-refractivity contribution >= 4 is 17.4 Å². The Labute approximate surface area is 163 Å². The molecule has 0 bridgehead atoms. The lowest BCUT2D eigenvalue weighted by atomic mass is 10.0. The summed E-state index contributed by atoms with van der Waals surface area (Å²) >= 11 is 0. The van der Waals surface area contributed by atoms with Gasteiger partial charge >= 0.3 is 0 Å². The molecule has 146 valence electrons. The number of anilines is 2. The van der Waals surface area contributed by atoms with Gasteiger partial charge in [0.25, 0.3) is 5.56 Å². The fourth-order valence-corrected chi connectivity index (χ4v) is 3.47. The van der Waals surface area contributed by atoms with Crippen LogP contribution in [0.1, 0.15) is 12.8 Å². The number of rotatable bonds is 7. The Morgan fingerprint density at radius 3 is 2.86 bits per heavy atom. The standard InChI is InChI=1S/C20H24N6O2/c1-3-19(27)25-10-15(11-25)26(9-13-4-5-13)17-6-14(8-22-20(17)28)16-7-18(21-2)24-12-23-16/h3,6-8,12-13,15H,1,4-5,9-11H2,2H3,(H,22,28)(H,21,23,24). The van der Waals surface area contributed by atoms with Crippen LogP contribution in [0.4, 0.5) is 11.5 Å². The van der Waals surface area contributed by atoms with Gasteiger partial charge in [0.05, 0.1) is 11.7 Å². The smallest absolute Gasteiger partial charge is 0.271 e. The Morgan fingerprint density at radius 2 is 2.18 bits per heavy atom. The zero-order valence-corrected chi connectivity index (χ0v) is 15.9. The van der Waals surface area contributed by atoms with Gasteiger partial charge in [-0.25, -0.2) is 9.97 Å². The van der Waals surface area contributed by atoms with Gasteiger partial charge < -0.3 is 20.1 Å². The van der Waals surface area contributed by atoms with Crippen LogP contribution in [0.2, 0.25) is 0 Å². The minimum Gasteiger partial charge on any atom is -0.373 e. The first-order chi connectivity index (χ1) is 13.6. The predicted octanol–water partition coefficient (Wildman–Crippen LogP) is 1.49. The van der Waals surface area contributed by atoms with Crippen LogP contribution in [0, 0.1) is 5.92 Å². The molecule has 4 rings (SSSR count). The number of hydrogen-bond donors (Lipinski definition) is 2. The van der Waals surface area contributed by atoms with Gasteiger partial charge in [-0.15, -0.1) is 0 Å². The monoisotopic (exact) mass is 380 g/mol. The van der Waals surface area contributed by atoms with E-state index in [0.29, 0.717) is 30.5 Å². The Balaban J connectivity index is 1.63. The van der Waals surface area contributed by atoms with E-state index in [2.05, 4.69) is 31.7 Å². The molecule has 2 aromatic rings. The molecule has 1 saturated carbocycles. The van der Waals surface area contributed by atoms with E-state index in [0.717, 1.165) is 17.8 Å². The van der Waals surface area contributed by atoms with Crippen molar-refractivity contribution in [3.63, 3.8) is 0 Å². The number of carbonyl (C=O) groups excluding carboxylic acids is 1. The van der Waals surface area contributed by atoms with Gasteiger partial charge in [0.2, 0.25) is 5.91 Å². The molecule has 1 amide bonds. The van der Waals surface area contributed by atoms with Crippen molar-refractivity contribution in [2.45, 2.75) is 18.9 Å². The average molecular weight is 380 g/mol. The number of nitrogens with one attached hydrogen (secondary N) is 2. The van der Waals surface area contributed by atoms with Gasteiger partial charge in [0, 0.05) is 44.5 Å². The number of hydrogen-bond acceptors (Lipinski definition) is 6. The van der Waals surface area contributed by atoms with E-state index in [9.17, 15) is 9.59 Å². The molecule has 0 unspecified atom stereocenters.